The van der Waals surface area contributed by atoms with E-state index >= 15 is 0 Å². The van der Waals surface area contributed by atoms with Gasteiger partial charge in [-0.05, 0) is 25.5 Å². The fourth-order valence-electron chi connectivity index (χ4n) is 3.30. The zero-order valence-corrected chi connectivity index (χ0v) is 15.7. The van der Waals surface area contributed by atoms with Crippen LogP contribution in [0.5, 0.6) is 0 Å². The van der Waals surface area contributed by atoms with Crippen LogP contribution in [0.25, 0.3) is 0 Å². The molecular formula is C19H19ClN2O5. The fourth-order valence-corrected chi connectivity index (χ4v) is 3.54. The van der Waals surface area contributed by atoms with Crippen LogP contribution in [-0.2, 0) is 16.0 Å². The molecule has 1 aromatic carbocycles. The quantitative estimate of drug-likeness (QED) is 0.847. The Balaban J connectivity index is 1.83. The first kappa shape index (κ1) is 19.0. The summed E-state index contributed by atoms with van der Waals surface area (Å²) in [7, 11) is 1.54. The van der Waals surface area contributed by atoms with Gasteiger partial charge in [-0.25, -0.2) is 0 Å². The number of amides is 2. The standard InChI is InChI=1S/C19H19ClN2O5/c1-11-10-27-15(9-16(23)24)17(11)19(26)21(2)14-7-8-22(18(14)25)13-6-4-3-5-12(13)20/h3-6,10,14H,7-9H2,1-2H3,(H,23,24). The van der Waals surface area contributed by atoms with Crippen LogP contribution in [0.3, 0.4) is 0 Å². The van der Waals surface area contributed by atoms with E-state index in [1.54, 1.807) is 36.1 Å². The van der Waals surface area contributed by atoms with Crippen LogP contribution < -0.4 is 4.90 Å². The lowest BCUT2D eigenvalue weighted by Crippen LogP contribution is -2.43. The van der Waals surface area contributed by atoms with E-state index in [0.717, 1.165) is 0 Å². The number of benzene rings is 1. The normalized spacial score (nSPS) is 16.6. The minimum atomic E-state index is -1.09. The van der Waals surface area contributed by atoms with Gasteiger partial charge in [-0.3, -0.25) is 14.4 Å². The van der Waals surface area contributed by atoms with Gasteiger partial charge in [0.05, 0.1) is 22.5 Å². The summed E-state index contributed by atoms with van der Waals surface area (Å²) in [5, 5.41) is 9.47. The Kier molecular flexibility index (Phi) is 5.23. The van der Waals surface area contributed by atoms with Gasteiger partial charge in [-0.2, -0.15) is 0 Å². The molecule has 3 rings (SSSR count). The molecule has 0 radical (unpaired) electrons. The third-order valence-electron chi connectivity index (χ3n) is 4.69. The molecule has 1 aliphatic rings. The molecule has 1 N–H and O–H groups in total. The molecule has 2 aromatic rings. The number of carbonyl (C=O) groups is 3. The third-order valence-corrected chi connectivity index (χ3v) is 5.00. The van der Waals surface area contributed by atoms with Gasteiger partial charge in [0.25, 0.3) is 5.91 Å². The van der Waals surface area contributed by atoms with E-state index in [0.29, 0.717) is 29.2 Å². The van der Waals surface area contributed by atoms with Gasteiger partial charge in [-0.1, -0.05) is 23.7 Å². The molecule has 27 heavy (non-hydrogen) atoms. The highest BCUT2D eigenvalue weighted by molar-refractivity contribution is 6.34. The smallest absolute Gasteiger partial charge is 0.311 e. The summed E-state index contributed by atoms with van der Waals surface area (Å²) in [6.45, 7) is 2.11. The Morgan fingerprint density at radius 3 is 2.74 bits per heavy atom. The second-order valence-corrected chi connectivity index (χ2v) is 6.86. The van der Waals surface area contributed by atoms with Crippen molar-refractivity contribution in [3.63, 3.8) is 0 Å². The number of aryl methyl sites for hydroxylation is 1. The first-order chi connectivity index (χ1) is 12.8. The molecule has 142 valence electrons. The SMILES string of the molecule is Cc1coc(CC(=O)O)c1C(=O)N(C)C1CCN(c2ccccc2Cl)C1=O. The van der Waals surface area contributed by atoms with E-state index in [2.05, 4.69) is 0 Å². The number of rotatable bonds is 5. The van der Waals surface area contributed by atoms with Crippen molar-refractivity contribution in [2.24, 2.45) is 0 Å². The molecule has 1 fully saturated rings. The largest absolute Gasteiger partial charge is 0.481 e. The van der Waals surface area contributed by atoms with E-state index in [-0.39, 0.29) is 17.2 Å². The van der Waals surface area contributed by atoms with Crippen LogP contribution in [0.15, 0.2) is 34.9 Å². The van der Waals surface area contributed by atoms with Crippen LogP contribution in [0.1, 0.15) is 28.1 Å². The zero-order chi connectivity index (χ0) is 19.7. The van der Waals surface area contributed by atoms with Gasteiger partial charge in [-0.15, -0.1) is 0 Å². The Hall–Kier alpha value is -2.80. The van der Waals surface area contributed by atoms with Gasteiger partial charge in [0.2, 0.25) is 5.91 Å². The number of para-hydroxylation sites is 1. The average Bonchev–Trinajstić information content (AvgIpc) is 3.16. The van der Waals surface area contributed by atoms with Crippen molar-refractivity contribution in [2.45, 2.75) is 25.8 Å². The van der Waals surface area contributed by atoms with Crippen molar-refractivity contribution < 1.29 is 23.9 Å². The molecule has 8 heteroatoms. The summed E-state index contributed by atoms with van der Waals surface area (Å²) >= 11 is 6.19. The number of carbonyl (C=O) groups excluding carboxylic acids is 2. The highest BCUT2D eigenvalue weighted by Gasteiger charge is 2.39. The van der Waals surface area contributed by atoms with Gasteiger partial charge < -0.3 is 19.3 Å². The van der Waals surface area contributed by atoms with Crippen LogP contribution >= 0.6 is 11.6 Å². The van der Waals surface area contributed by atoms with Crippen molar-refractivity contribution in [2.75, 3.05) is 18.5 Å². The molecule has 0 spiro atoms. The maximum atomic E-state index is 12.9. The summed E-state index contributed by atoms with van der Waals surface area (Å²) in [5.74, 6) is -1.66. The number of hydrogen-bond donors (Lipinski definition) is 1. The summed E-state index contributed by atoms with van der Waals surface area (Å²) in [4.78, 5) is 39.7. The Bertz CT molecular complexity index is 907. The Morgan fingerprint density at radius 2 is 2.07 bits per heavy atom. The van der Waals surface area contributed by atoms with Gasteiger partial charge in [0.1, 0.15) is 18.2 Å². The molecule has 1 saturated heterocycles. The molecule has 2 amide bonds. The summed E-state index contributed by atoms with van der Waals surface area (Å²) < 4.78 is 5.23. The minimum absolute atomic E-state index is 0.0882. The average molecular weight is 391 g/mol. The number of likely N-dealkylation sites (N-methyl/N-ethyl adjacent to an activating group) is 1. The fraction of sp³-hybridized carbons (Fsp3) is 0.316. The molecule has 1 aromatic heterocycles. The number of carboxylic acids is 1. The lowest BCUT2D eigenvalue weighted by Gasteiger charge is -2.24. The molecule has 2 heterocycles. The van der Waals surface area contributed by atoms with E-state index < -0.39 is 24.3 Å². The molecule has 0 saturated carbocycles. The Labute approximate surface area is 161 Å². The van der Waals surface area contributed by atoms with Gasteiger partial charge in [0, 0.05) is 19.2 Å². The minimum Gasteiger partial charge on any atom is -0.481 e. The number of carboxylic acid groups (broad SMARTS) is 1. The van der Waals surface area contributed by atoms with Crippen LogP contribution in [0.2, 0.25) is 5.02 Å². The number of nitrogens with zero attached hydrogens (tertiary/aromatic N) is 2. The molecule has 1 atom stereocenters. The van der Waals surface area contributed by atoms with E-state index in [4.69, 9.17) is 21.1 Å². The van der Waals surface area contributed by atoms with Crippen LogP contribution in [0, 0.1) is 6.92 Å². The molecule has 0 aliphatic carbocycles. The number of furan rings is 1. The number of hydrogen-bond acceptors (Lipinski definition) is 4. The van der Waals surface area contributed by atoms with Crippen molar-refractivity contribution >= 4 is 35.1 Å². The highest BCUT2D eigenvalue weighted by Crippen LogP contribution is 2.31. The predicted octanol–water partition coefficient (Wildman–Crippen LogP) is 2.75. The second kappa shape index (κ2) is 7.44. The first-order valence-electron chi connectivity index (χ1n) is 8.43. The number of aliphatic carboxylic acids is 1. The van der Waals surface area contributed by atoms with E-state index in [1.165, 1.54) is 18.2 Å². The van der Waals surface area contributed by atoms with E-state index in [9.17, 15) is 14.4 Å². The third kappa shape index (κ3) is 3.55. The summed E-state index contributed by atoms with van der Waals surface area (Å²) in [5.41, 5.74) is 1.35. The molecule has 1 unspecified atom stereocenters. The lowest BCUT2D eigenvalue weighted by molar-refractivity contribution is -0.136. The van der Waals surface area contributed by atoms with Gasteiger partial charge in [0.15, 0.2) is 0 Å². The van der Waals surface area contributed by atoms with Crippen molar-refractivity contribution in [1.29, 1.82) is 0 Å². The highest BCUT2D eigenvalue weighted by atomic mass is 35.5. The van der Waals surface area contributed by atoms with Crippen molar-refractivity contribution in [1.82, 2.24) is 4.90 Å². The first-order valence-corrected chi connectivity index (χ1v) is 8.81. The molecular weight excluding hydrogens is 372 g/mol. The Morgan fingerprint density at radius 1 is 1.37 bits per heavy atom. The molecule has 1 aliphatic heterocycles. The number of anilines is 1. The second-order valence-electron chi connectivity index (χ2n) is 6.45. The monoisotopic (exact) mass is 390 g/mol. The van der Waals surface area contributed by atoms with Gasteiger partial charge >= 0.3 is 5.97 Å². The predicted molar refractivity (Wildman–Crippen MR) is 99.1 cm³/mol. The number of halogens is 1. The molecule has 0 bridgehead atoms. The zero-order valence-electron chi connectivity index (χ0n) is 14.9. The van der Waals surface area contributed by atoms with E-state index in [1.807, 2.05) is 0 Å². The van der Waals surface area contributed by atoms with Crippen molar-refractivity contribution in [3.05, 3.63) is 52.4 Å². The maximum Gasteiger partial charge on any atom is 0.311 e. The summed E-state index contributed by atoms with van der Waals surface area (Å²) in [6, 6.07) is 6.39. The molecule has 7 nitrogen and oxygen atoms in total. The van der Waals surface area contributed by atoms with Crippen molar-refractivity contribution in [3.8, 4) is 0 Å². The van der Waals surface area contributed by atoms with Crippen LogP contribution in [0.4, 0.5) is 5.69 Å². The maximum absolute atomic E-state index is 12.9. The summed E-state index contributed by atoms with van der Waals surface area (Å²) in [6.07, 6.45) is 1.41. The topological polar surface area (TPSA) is 91.1 Å². The van der Waals surface area contributed by atoms with Crippen LogP contribution in [-0.4, -0.2) is 47.4 Å². The lowest BCUT2D eigenvalue weighted by atomic mass is 10.1.